The Bertz CT molecular complexity index is 1290. The van der Waals surface area contributed by atoms with E-state index in [4.69, 9.17) is 9.47 Å². The average molecular weight is 469 g/mol. The maximum absolute atomic E-state index is 14.5. The van der Waals surface area contributed by atoms with E-state index < -0.39 is 52.5 Å². The van der Waals surface area contributed by atoms with Crippen LogP contribution in [0.15, 0.2) is 41.2 Å². The van der Waals surface area contributed by atoms with Crippen molar-refractivity contribution < 1.29 is 36.5 Å². The van der Waals surface area contributed by atoms with Crippen molar-refractivity contribution in [1.29, 1.82) is 0 Å². The van der Waals surface area contributed by atoms with Gasteiger partial charge in [-0.15, -0.1) is 0 Å². The van der Waals surface area contributed by atoms with Gasteiger partial charge in [0.05, 0.1) is 18.0 Å². The number of hydrogen-bond donors (Lipinski definition) is 2. The van der Waals surface area contributed by atoms with Crippen LogP contribution in [0.5, 0.6) is 11.5 Å². The summed E-state index contributed by atoms with van der Waals surface area (Å²) in [5, 5.41) is 9.97. The summed E-state index contributed by atoms with van der Waals surface area (Å²) in [7, 11) is 1.08. The zero-order chi connectivity index (χ0) is 24.3. The van der Waals surface area contributed by atoms with Crippen molar-refractivity contribution in [2.75, 3.05) is 7.11 Å². The second-order valence-corrected chi connectivity index (χ2v) is 8.23. The molecule has 33 heavy (non-hydrogen) atoms. The van der Waals surface area contributed by atoms with Crippen molar-refractivity contribution in [2.45, 2.75) is 37.6 Å². The molecule has 1 saturated heterocycles. The highest BCUT2D eigenvalue weighted by atomic mass is 19.4. The molecule has 0 aliphatic carbocycles. The van der Waals surface area contributed by atoms with Gasteiger partial charge in [-0.1, -0.05) is 19.1 Å². The average Bonchev–Trinajstić information content (AvgIpc) is 3.02. The molecule has 0 bridgehead atoms. The molecule has 4 atom stereocenters. The fraction of sp³-hybridized carbons (Fsp3) is 0.348. The fourth-order valence-electron chi connectivity index (χ4n) is 4.54. The second kappa shape index (κ2) is 7.72. The smallest absolute Gasteiger partial charge is 0.417 e. The largest absolute Gasteiger partial charge is 0.507 e. The van der Waals surface area contributed by atoms with Gasteiger partial charge in [0.15, 0.2) is 22.6 Å². The van der Waals surface area contributed by atoms with Crippen LogP contribution in [0, 0.1) is 17.6 Å². The molecule has 2 N–H and O–H groups in total. The minimum atomic E-state index is -4.80. The Morgan fingerprint density at radius 1 is 1.18 bits per heavy atom. The van der Waals surface area contributed by atoms with Crippen molar-refractivity contribution in [2.24, 2.45) is 5.92 Å². The third-order valence-electron chi connectivity index (χ3n) is 6.47. The number of benzene rings is 2. The molecule has 1 aromatic heterocycles. The van der Waals surface area contributed by atoms with Crippen molar-refractivity contribution in [3.8, 4) is 11.5 Å². The van der Waals surface area contributed by atoms with Gasteiger partial charge in [-0.2, -0.15) is 17.6 Å². The third-order valence-corrected chi connectivity index (χ3v) is 6.47. The van der Waals surface area contributed by atoms with Gasteiger partial charge >= 0.3 is 6.18 Å². The lowest BCUT2D eigenvalue weighted by molar-refractivity contribution is -0.275. The highest BCUT2D eigenvalue weighted by molar-refractivity contribution is 5.84. The maximum atomic E-state index is 14.5. The maximum Gasteiger partial charge on any atom is 0.417 e. The molecule has 0 spiro atoms. The fourth-order valence-corrected chi connectivity index (χ4v) is 4.54. The number of alkyl halides is 3. The summed E-state index contributed by atoms with van der Waals surface area (Å²) in [6, 6.07) is 7.25. The molecular weight excluding hydrogens is 449 g/mol. The normalized spacial score (nSPS) is 25.5. The Balaban J connectivity index is 1.97. The topological polar surface area (TPSA) is 71.5 Å². The lowest BCUT2D eigenvalue weighted by atomic mass is 9.76. The first-order chi connectivity index (χ1) is 15.4. The predicted molar refractivity (Wildman–Crippen MR) is 109 cm³/mol. The molecule has 2 aromatic carbocycles. The van der Waals surface area contributed by atoms with E-state index >= 15 is 0 Å². The van der Waals surface area contributed by atoms with Gasteiger partial charge in [0, 0.05) is 29.2 Å². The van der Waals surface area contributed by atoms with Gasteiger partial charge in [-0.25, -0.2) is 4.39 Å². The van der Waals surface area contributed by atoms with Crippen LogP contribution in [-0.4, -0.2) is 29.0 Å². The van der Waals surface area contributed by atoms with Gasteiger partial charge < -0.3 is 19.6 Å². The molecule has 10 heteroatoms. The monoisotopic (exact) mass is 469 g/mol. The molecule has 4 rings (SSSR count). The number of fused-ring (bicyclic) bond motifs is 1. The van der Waals surface area contributed by atoms with E-state index in [1.165, 1.54) is 25.1 Å². The Hall–Kier alpha value is -3.14. The van der Waals surface area contributed by atoms with E-state index in [-0.39, 0.29) is 27.9 Å². The van der Waals surface area contributed by atoms with Crippen LogP contribution >= 0.6 is 0 Å². The van der Waals surface area contributed by atoms with E-state index in [0.29, 0.717) is 0 Å². The number of nitrogens with one attached hydrogen (secondary N) is 1. The number of rotatable bonds is 3. The minimum Gasteiger partial charge on any atom is -0.507 e. The molecule has 0 unspecified atom stereocenters. The lowest BCUT2D eigenvalue weighted by Gasteiger charge is -2.32. The number of aromatic nitrogens is 1. The Labute approximate surface area is 184 Å². The third kappa shape index (κ3) is 3.43. The summed E-state index contributed by atoms with van der Waals surface area (Å²) in [6.45, 7) is 2.17. The van der Waals surface area contributed by atoms with Crippen molar-refractivity contribution in [3.05, 3.63) is 69.5 Å². The number of methoxy groups -OCH3 is 1. The molecule has 0 saturated carbocycles. The minimum absolute atomic E-state index is 0.00490. The van der Waals surface area contributed by atoms with E-state index in [1.54, 1.807) is 0 Å². The van der Waals surface area contributed by atoms with Crippen LogP contribution in [0.3, 0.4) is 0 Å². The molecule has 1 aliphatic heterocycles. The molecule has 5 nitrogen and oxygen atoms in total. The van der Waals surface area contributed by atoms with Crippen LogP contribution in [0.25, 0.3) is 10.9 Å². The zero-order valence-electron chi connectivity index (χ0n) is 17.8. The highest BCUT2D eigenvalue weighted by Gasteiger charge is 2.65. The molecule has 1 aliphatic rings. The van der Waals surface area contributed by atoms with Gasteiger partial charge in [-0.3, -0.25) is 4.79 Å². The Morgan fingerprint density at radius 3 is 2.52 bits per heavy atom. The highest BCUT2D eigenvalue weighted by Crippen LogP contribution is 2.59. The first-order valence-corrected chi connectivity index (χ1v) is 10.0. The first kappa shape index (κ1) is 23.0. The van der Waals surface area contributed by atoms with Crippen molar-refractivity contribution >= 4 is 10.9 Å². The molecule has 2 heterocycles. The molecule has 1 fully saturated rings. The lowest BCUT2D eigenvalue weighted by Crippen LogP contribution is -2.46. The number of pyridine rings is 1. The number of H-pyrrole nitrogens is 1. The standard InChI is InChI=1S/C23H20F5NO4/c1-10-17(11-7-8-12(24)19(25)20(11)32-3)21(33-22(10,2)23(26,27)28)14-9-16(31)18-13(29-14)5-4-6-15(18)30/h4-10,17,21,30H,1-3H3,(H,29,31)/t10-,17-,21-,22+/m0/s1. The summed E-state index contributed by atoms with van der Waals surface area (Å²) in [4.78, 5) is 15.6. The predicted octanol–water partition coefficient (Wildman–Crippen LogP) is 5.33. The molecule has 0 radical (unpaired) electrons. The van der Waals surface area contributed by atoms with Gasteiger partial charge in [0.25, 0.3) is 0 Å². The van der Waals surface area contributed by atoms with E-state index in [2.05, 4.69) is 4.98 Å². The first-order valence-electron chi connectivity index (χ1n) is 10.0. The Kier molecular flexibility index (Phi) is 5.39. The number of phenols is 1. The Morgan fingerprint density at radius 2 is 1.88 bits per heavy atom. The summed E-state index contributed by atoms with van der Waals surface area (Å²) in [6.07, 6.45) is -6.19. The number of aromatic hydroxyl groups is 1. The van der Waals surface area contributed by atoms with Crippen LogP contribution in [-0.2, 0) is 4.74 Å². The van der Waals surface area contributed by atoms with E-state index in [9.17, 15) is 31.9 Å². The van der Waals surface area contributed by atoms with Crippen LogP contribution in [0.4, 0.5) is 22.0 Å². The summed E-state index contributed by atoms with van der Waals surface area (Å²) < 4.78 is 81.1. The molecule has 0 amide bonds. The van der Waals surface area contributed by atoms with E-state index in [1.807, 2.05) is 0 Å². The summed E-state index contributed by atoms with van der Waals surface area (Å²) in [5.74, 6) is -5.81. The van der Waals surface area contributed by atoms with Gasteiger partial charge in [0.1, 0.15) is 11.9 Å². The number of ether oxygens (including phenoxy) is 2. The van der Waals surface area contributed by atoms with Crippen molar-refractivity contribution in [3.63, 3.8) is 0 Å². The van der Waals surface area contributed by atoms with Crippen LogP contribution in [0.1, 0.15) is 37.1 Å². The van der Waals surface area contributed by atoms with Gasteiger partial charge in [0.2, 0.25) is 5.82 Å². The van der Waals surface area contributed by atoms with E-state index in [0.717, 1.165) is 32.2 Å². The van der Waals surface area contributed by atoms with Crippen LogP contribution < -0.4 is 10.2 Å². The zero-order valence-corrected chi connectivity index (χ0v) is 17.8. The molecule has 176 valence electrons. The number of aromatic amines is 1. The number of halogens is 5. The number of hydrogen-bond acceptors (Lipinski definition) is 4. The summed E-state index contributed by atoms with van der Waals surface area (Å²) >= 11 is 0. The number of phenolic OH excluding ortho intramolecular Hbond substituents is 1. The summed E-state index contributed by atoms with van der Waals surface area (Å²) in [5.41, 5.74) is -3.15. The molecular formula is C23H20F5NO4. The SMILES string of the molecule is COc1c([C@H]2[C@H](c3cc(=O)c4c(O)cccc4[nH]3)O[C@@](C)(C(F)(F)F)[C@H]2C)ccc(F)c1F. The van der Waals surface area contributed by atoms with Crippen molar-refractivity contribution in [1.82, 2.24) is 4.98 Å². The quantitative estimate of drug-likeness (QED) is 0.509. The molecule has 3 aromatic rings. The second-order valence-electron chi connectivity index (χ2n) is 8.23. The van der Waals surface area contributed by atoms with Gasteiger partial charge in [-0.05, 0) is 25.1 Å². The van der Waals surface area contributed by atoms with Crippen LogP contribution in [0.2, 0.25) is 0 Å².